The van der Waals surface area contributed by atoms with Crippen LogP contribution >= 0.6 is 0 Å². The second-order valence-electron chi connectivity index (χ2n) is 8.60. The van der Waals surface area contributed by atoms with Gasteiger partial charge in [-0.1, -0.05) is 32.8 Å². The lowest BCUT2D eigenvalue weighted by molar-refractivity contribution is 0.0728. The molecule has 0 spiro atoms. The molecule has 2 heterocycles. The third-order valence-corrected chi connectivity index (χ3v) is 5.88. The van der Waals surface area contributed by atoms with E-state index in [9.17, 15) is 9.18 Å². The van der Waals surface area contributed by atoms with Crippen LogP contribution in [0.15, 0.2) is 42.6 Å². The van der Waals surface area contributed by atoms with Crippen LogP contribution in [0.5, 0.6) is 0 Å². The molecule has 0 N–H and O–H groups in total. The van der Waals surface area contributed by atoms with Gasteiger partial charge in [0.05, 0.1) is 6.54 Å². The highest BCUT2D eigenvalue weighted by Crippen LogP contribution is 2.33. The van der Waals surface area contributed by atoms with E-state index >= 15 is 0 Å². The molecule has 1 aliphatic carbocycles. The van der Waals surface area contributed by atoms with Crippen molar-refractivity contribution in [3.63, 3.8) is 0 Å². The summed E-state index contributed by atoms with van der Waals surface area (Å²) in [6.07, 6.45) is 7.31. The zero-order valence-electron chi connectivity index (χ0n) is 17.7. The maximum atomic E-state index is 13.7. The molecule has 6 heteroatoms. The average molecular weight is 409 g/mol. The monoisotopic (exact) mass is 408 g/mol. The maximum absolute atomic E-state index is 13.7. The minimum absolute atomic E-state index is 0.159. The predicted octanol–water partition coefficient (Wildman–Crippen LogP) is 5.37. The number of aromatic nitrogens is 3. The van der Waals surface area contributed by atoms with E-state index in [-0.39, 0.29) is 5.91 Å². The first kappa shape index (κ1) is 20.5. The summed E-state index contributed by atoms with van der Waals surface area (Å²) >= 11 is 0. The van der Waals surface area contributed by atoms with Gasteiger partial charge in [-0.2, -0.15) is 0 Å². The fourth-order valence-corrected chi connectivity index (χ4v) is 4.28. The summed E-state index contributed by atoms with van der Waals surface area (Å²) in [4.78, 5) is 24.5. The Morgan fingerprint density at radius 3 is 2.77 bits per heavy atom. The summed E-state index contributed by atoms with van der Waals surface area (Å²) in [5.41, 5.74) is 2.13. The Morgan fingerprint density at radius 2 is 2.03 bits per heavy atom. The van der Waals surface area contributed by atoms with Crippen molar-refractivity contribution in [1.82, 2.24) is 19.4 Å². The van der Waals surface area contributed by atoms with Crippen molar-refractivity contribution in [2.75, 3.05) is 6.54 Å². The van der Waals surface area contributed by atoms with Crippen LogP contribution in [0.3, 0.4) is 0 Å². The lowest BCUT2D eigenvalue weighted by Gasteiger charge is -2.25. The number of benzene rings is 1. The molecule has 4 rings (SSSR count). The molecule has 0 saturated heterocycles. The Bertz CT molecular complexity index is 1020. The number of pyridine rings is 1. The largest absolute Gasteiger partial charge is 0.331 e. The van der Waals surface area contributed by atoms with Gasteiger partial charge in [0.2, 0.25) is 0 Å². The van der Waals surface area contributed by atoms with E-state index in [4.69, 9.17) is 4.98 Å². The summed E-state index contributed by atoms with van der Waals surface area (Å²) in [5, 5.41) is 0. The highest BCUT2D eigenvalue weighted by atomic mass is 19.1. The van der Waals surface area contributed by atoms with E-state index in [2.05, 4.69) is 23.4 Å². The Balaban J connectivity index is 1.69. The van der Waals surface area contributed by atoms with Crippen LogP contribution in [0.1, 0.15) is 68.2 Å². The molecule has 0 unspecified atom stereocenters. The summed E-state index contributed by atoms with van der Waals surface area (Å²) in [6.45, 7) is 5.29. The summed E-state index contributed by atoms with van der Waals surface area (Å²) in [7, 11) is 0. The summed E-state index contributed by atoms with van der Waals surface area (Å²) < 4.78 is 16.0. The molecule has 2 aromatic heterocycles. The highest BCUT2D eigenvalue weighted by Gasteiger charge is 2.26. The molecule has 158 valence electrons. The number of halogens is 1. The third-order valence-electron chi connectivity index (χ3n) is 5.88. The molecule has 1 aromatic carbocycles. The van der Waals surface area contributed by atoms with Gasteiger partial charge in [0.25, 0.3) is 5.91 Å². The van der Waals surface area contributed by atoms with Crippen LogP contribution in [-0.2, 0) is 6.54 Å². The van der Waals surface area contributed by atoms with Gasteiger partial charge in [-0.15, -0.1) is 0 Å². The van der Waals surface area contributed by atoms with Gasteiger partial charge in [-0.25, -0.2) is 14.4 Å². The number of nitrogens with zero attached hydrogens (tertiary/aromatic N) is 4. The highest BCUT2D eigenvalue weighted by molar-refractivity contribution is 5.94. The second-order valence-corrected chi connectivity index (χ2v) is 8.60. The van der Waals surface area contributed by atoms with Crippen LogP contribution in [-0.4, -0.2) is 31.9 Å². The van der Waals surface area contributed by atoms with E-state index < -0.39 is 5.82 Å². The van der Waals surface area contributed by atoms with Crippen molar-refractivity contribution in [3.8, 4) is 0 Å². The molecular weight excluding hydrogens is 379 g/mol. The smallest absolute Gasteiger partial charge is 0.254 e. The van der Waals surface area contributed by atoms with Crippen molar-refractivity contribution >= 4 is 17.1 Å². The fourth-order valence-electron chi connectivity index (χ4n) is 4.28. The van der Waals surface area contributed by atoms with Crippen LogP contribution < -0.4 is 0 Å². The first-order valence-corrected chi connectivity index (χ1v) is 10.9. The normalized spacial score (nSPS) is 14.7. The average Bonchev–Trinajstić information content (AvgIpc) is 3.37. The lowest BCUT2D eigenvalue weighted by Crippen LogP contribution is -2.33. The van der Waals surface area contributed by atoms with Gasteiger partial charge in [-0.3, -0.25) is 4.79 Å². The zero-order chi connectivity index (χ0) is 21.1. The minimum Gasteiger partial charge on any atom is -0.331 e. The Kier molecular flexibility index (Phi) is 6.11. The topological polar surface area (TPSA) is 51.0 Å². The van der Waals surface area contributed by atoms with Gasteiger partial charge in [0.15, 0.2) is 5.65 Å². The fraction of sp³-hybridized carbons (Fsp3) is 0.458. The van der Waals surface area contributed by atoms with E-state index in [0.717, 1.165) is 36.3 Å². The second kappa shape index (κ2) is 8.94. The lowest BCUT2D eigenvalue weighted by atomic mass is 10.1. The summed E-state index contributed by atoms with van der Waals surface area (Å²) in [5.74, 6) is 0.771. The van der Waals surface area contributed by atoms with Crippen LogP contribution in [0.25, 0.3) is 11.2 Å². The van der Waals surface area contributed by atoms with Crippen molar-refractivity contribution in [2.24, 2.45) is 5.92 Å². The number of carbonyl (C=O) groups excluding carboxylic acids is 1. The Labute approximate surface area is 176 Å². The Hall–Kier alpha value is -2.76. The van der Waals surface area contributed by atoms with E-state index in [1.165, 1.54) is 25.0 Å². The molecule has 0 radical (unpaired) electrons. The standard InChI is InChI=1S/C24H29FN4O/c1-17(2)12-14-28(24(30)18-7-5-8-19(25)15-18)16-22-27-21-11-6-13-26-23(21)29(22)20-9-3-4-10-20/h5-8,11,13,15,17,20H,3-4,9-10,12,14,16H2,1-2H3. The molecule has 30 heavy (non-hydrogen) atoms. The number of amides is 1. The number of rotatable bonds is 7. The quantitative estimate of drug-likeness (QED) is 0.528. The van der Waals surface area contributed by atoms with Crippen LogP contribution in [0.2, 0.25) is 0 Å². The molecule has 1 amide bonds. The molecule has 0 bridgehead atoms. The van der Waals surface area contributed by atoms with E-state index in [0.29, 0.717) is 30.6 Å². The minimum atomic E-state index is -0.396. The van der Waals surface area contributed by atoms with Crippen LogP contribution in [0, 0.1) is 11.7 Å². The molecule has 5 nitrogen and oxygen atoms in total. The number of carbonyl (C=O) groups is 1. The molecule has 0 atom stereocenters. The number of fused-ring (bicyclic) bond motifs is 1. The predicted molar refractivity (Wildman–Crippen MR) is 116 cm³/mol. The van der Waals surface area contributed by atoms with E-state index in [1.54, 1.807) is 23.2 Å². The van der Waals surface area contributed by atoms with Gasteiger partial charge in [0, 0.05) is 24.3 Å². The van der Waals surface area contributed by atoms with Gasteiger partial charge < -0.3 is 9.47 Å². The molecule has 0 aliphatic heterocycles. The molecule has 3 aromatic rings. The van der Waals surface area contributed by atoms with Crippen LogP contribution in [0.4, 0.5) is 4.39 Å². The van der Waals surface area contributed by atoms with Crippen molar-refractivity contribution in [2.45, 2.75) is 58.5 Å². The van der Waals surface area contributed by atoms with Gasteiger partial charge >= 0.3 is 0 Å². The van der Waals surface area contributed by atoms with Gasteiger partial charge in [-0.05, 0) is 55.5 Å². The van der Waals surface area contributed by atoms with Gasteiger partial charge in [0.1, 0.15) is 17.2 Å². The molecule has 1 saturated carbocycles. The number of hydrogen-bond acceptors (Lipinski definition) is 3. The first-order chi connectivity index (χ1) is 14.5. The van der Waals surface area contributed by atoms with E-state index in [1.807, 2.05) is 12.1 Å². The maximum Gasteiger partial charge on any atom is 0.254 e. The van der Waals surface area contributed by atoms with Crippen molar-refractivity contribution in [1.29, 1.82) is 0 Å². The number of hydrogen-bond donors (Lipinski definition) is 0. The Morgan fingerprint density at radius 1 is 1.23 bits per heavy atom. The summed E-state index contributed by atoms with van der Waals surface area (Å²) in [6, 6.07) is 10.2. The molecular formula is C24H29FN4O. The first-order valence-electron chi connectivity index (χ1n) is 10.9. The molecule has 1 fully saturated rings. The number of imidazole rings is 1. The SMILES string of the molecule is CC(C)CCN(Cc1nc2cccnc2n1C1CCCC1)C(=O)c1cccc(F)c1. The van der Waals surface area contributed by atoms with Crippen molar-refractivity contribution < 1.29 is 9.18 Å². The third kappa shape index (κ3) is 4.37. The zero-order valence-corrected chi connectivity index (χ0v) is 17.7. The van der Waals surface area contributed by atoms with Crippen molar-refractivity contribution in [3.05, 3.63) is 59.8 Å². The molecule has 1 aliphatic rings.